The minimum Gasteiger partial charge on any atom is -0.494 e. The molecule has 0 radical (unpaired) electrons. The summed E-state index contributed by atoms with van der Waals surface area (Å²) in [5.41, 5.74) is 1.34. The smallest absolute Gasteiger partial charge is 0.295 e. The molecular weight excluding hydrogens is 441 g/mol. The fourth-order valence-electron chi connectivity index (χ4n) is 4.18. The second-order valence-electron chi connectivity index (χ2n) is 7.59. The SMILES string of the molecule is CCOc1ccc(N2C(=O)c3oc4ccc(F)cc4c(=O)c3C2c2ccc(SC)cc2)cc1. The molecule has 2 heterocycles. The molecular formula is C26H20FNO4S. The van der Waals surface area contributed by atoms with Crippen LogP contribution in [0.2, 0.25) is 0 Å². The first kappa shape index (κ1) is 21.3. The summed E-state index contributed by atoms with van der Waals surface area (Å²) in [5, 5.41) is 0.112. The Morgan fingerprint density at radius 1 is 1.03 bits per heavy atom. The van der Waals surface area contributed by atoms with Crippen molar-refractivity contribution in [3.63, 3.8) is 0 Å². The molecule has 0 saturated carbocycles. The number of anilines is 1. The van der Waals surface area contributed by atoms with E-state index in [-0.39, 0.29) is 22.3 Å². The molecule has 1 aliphatic rings. The third kappa shape index (κ3) is 3.58. The lowest BCUT2D eigenvalue weighted by Crippen LogP contribution is -2.29. The van der Waals surface area contributed by atoms with E-state index >= 15 is 0 Å². The predicted molar refractivity (Wildman–Crippen MR) is 127 cm³/mol. The number of nitrogens with zero attached hydrogens (tertiary/aromatic N) is 1. The van der Waals surface area contributed by atoms with Crippen LogP contribution in [0.5, 0.6) is 5.75 Å². The van der Waals surface area contributed by atoms with Gasteiger partial charge in [-0.25, -0.2) is 4.39 Å². The molecule has 1 aromatic heterocycles. The van der Waals surface area contributed by atoms with E-state index in [1.165, 1.54) is 12.1 Å². The molecule has 0 bridgehead atoms. The standard InChI is InChI=1S/C26H20FNO4S/c1-3-31-18-9-7-17(8-10-18)28-23(15-4-11-19(33-2)12-5-15)22-24(29)20-14-16(27)6-13-21(20)32-25(22)26(28)30/h4-14,23H,3H2,1-2H3. The monoisotopic (exact) mass is 461 g/mol. The average Bonchev–Trinajstić information content (AvgIpc) is 3.13. The third-order valence-corrected chi connectivity index (χ3v) is 6.43. The maximum absolute atomic E-state index is 13.9. The van der Waals surface area contributed by atoms with Crippen molar-refractivity contribution in [1.29, 1.82) is 0 Å². The normalized spacial score (nSPS) is 15.2. The molecule has 0 spiro atoms. The van der Waals surface area contributed by atoms with Crippen molar-refractivity contribution in [3.05, 3.63) is 99.7 Å². The van der Waals surface area contributed by atoms with Crippen molar-refractivity contribution in [2.75, 3.05) is 17.8 Å². The molecule has 0 saturated heterocycles. The highest BCUT2D eigenvalue weighted by molar-refractivity contribution is 7.98. The van der Waals surface area contributed by atoms with Crippen LogP contribution in [0.3, 0.4) is 0 Å². The van der Waals surface area contributed by atoms with Crippen LogP contribution < -0.4 is 15.1 Å². The number of hydrogen-bond donors (Lipinski definition) is 0. The van der Waals surface area contributed by atoms with Crippen molar-refractivity contribution in [2.24, 2.45) is 0 Å². The molecule has 5 nitrogen and oxygen atoms in total. The molecule has 3 aromatic carbocycles. The zero-order valence-corrected chi connectivity index (χ0v) is 18.8. The average molecular weight is 462 g/mol. The van der Waals surface area contributed by atoms with E-state index in [1.807, 2.05) is 37.4 Å². The molecule has 166 valence electrons. The van der Waals surface area contributed by atoms with Crippen LogP contribution >= 0.6 is 11.8 Å². The molecule has 0 aliphatic carbocycles. The first-order valence-electron chi connectivity index (χ1n) is 10.5. The maximum atomic E-state index is 13.9. The predicted octanol–water partition coefficient (Wildman–Crippen LogP) is 5.80. The van der Waals surface area contributed by atoms with E-state index < -0.39 is 23.2 Å². The lowest BCUT2D eigenvalue weighted by atomic mass is 9.98. The number of thioether (sulfide) groups is 1. The Hall–Kier alpha value is -3.58. The van der Waals surface area contributed by atoms with Gasteiger partial charge in [-0.3, -0.25) is 14.5 Å². The quantitative estimate of drug-likeness (QED) is 0.352. The van der Waals surface area contributed by atoms with Gasteiger partial charge in [-0.2, -0.15) is 0 Å². The number of amides is 1. The van der Waals surface area contributed by atoms with Gasteiger partial charge in [-0.05, 0) is 73.3 Å². The molecule has 1 amide bonds. The lowest BCUT2D eigenvalue weighted by molar-refractivity contribution is 0.0971. The number of carbonyl (C=O) groups is 1. The van der Waals surface area contributed by atoms with E-state index in [4.69, 9.17) is 9.15 Å². The summed E-state index contributed by atoms with van der Waals surface area (Å²) >= 11 is 1.60. The summed E-state index contributed by atoms with van der Waals surface area (Å²) in [4.78, 5) is 29.7. The highest BCUT2D eigenvalue weighted by Gasteiger charge is 2.43. The fraction of sp³-hybridized carbons (Fsp3) is 0.154. The minimum atomic E-state index is -0.703. The molecule has 7 heteroatoms. The van der Waals surface area contributed by atoms with Crippen LogP contribution in [0.25, 0.3) is 11.0 Å². The van der Waals surface area contributed by atoms with Crippen molar-refractivity contribution >= 4 is 34.3 Å². The Morgan fingerprint density at radius 2 is 1.76 bits per heavy atom. The number of carbonyl (C=O) groups excluding carboxylic acids is 1. The van der Waals surface area contributed by atoms with Crippen LogP contribution in [-0.4, -0.2) is 18.8 Å². The lowest BCUT2D eigenvalue weighted by Gasteiger charge is -2.25. The van der Waals surface area contributed by atoms with E-state index in [2.05, 4.69) is 0 Å². The zero-order chi connectivity index (χ0) is 23.1. The minimum absolute atomic E-state index is 0.0214. The number of ether oxygens (including phenoxy) is 1. The molecule has 5 rings (SSSR count). The molecule has 1 atom stereocenters. The first-order chi connectivity index (χ1) is 16.0. The second-order valence-corrected chi connectivity index (χ2v) is 8.47. The van der Waals surface area contributed by atoms with Gasteiger partial charge >= 0.3 is 0 Å². The van der Waals surface area contributed by atoms with Crippen LogP contribution in [0.15, 0.2) is 80.8 Å². The number of benzene rings is 3. The van der Waals surface area contributed by atoms with Gasteiger partial charge in [0.1, 0.15) is 17.1 Å². The molecule has 1 unspecified atom stereocenters. The third-order valence-electron chi connectivity index (χ3n) is 5.69. The Labute approximate surface area is 193 Å². The van der Waals surface area contributed by atoms with Crippen molar-refractivity contribution in [3.8, 4) is 5.75 Å². The summed E-state index contributed by atoms with van der Waals surface area (Å²) in [5.74, 6) is -0.298. The first-order valence-corrected chi connectivity index (χ1v) is 11.7. The molecule has 1 aliphatic heterocycles. The van der Waals surface area contributed by atoms with Crippen LogP contribution in [0, 0.1) is 5.82 Å². The zero-order valence-electron chi connectivity index (χ0n) is 18.0. The van der Waals surface area contributed by atoms with Gasteiger partial charge in [0.05, 0.1) is 23.6 Å². The van der Waals surface area contributed by atoms with Crippen molar-refractivity contribution < 1.29 is 18.3 Å². The van der Waals surface area contributed by atoms with E-state index in [0.717, 1.165) is 16.5 Å². The topological polar surface area (TPSA) is 59.8 Å². The van der Waals surface area contributed by atoms with Crippen molar-refractivity contribution in [1.82, 2.24) is 0 Å². The summed E-state index contributed by atoms with van der Waals surface area (Å²) in [7, 11) is 0. The van der Waals surface area contributed by atoms with Gasteiger partial charge in [-0.15, -0.1) is 11.8 Å². The molecule has 0 fully saturated rings. The van der Waals surface area contributed by atoms with Crippen LogP contribution in [0.1, 0.15) is 34.6 Å². The number of halogens is 1. The van der Waals surface area contributed by atoms with Crippen LogP contribution in [0.4, 0.5) is 10.1 Å². The Bertz CT molecular complexity index is 1410. The highest BCUT2D eigenvalue weighted by Crippen LogP contribution is 2.41. The molecule has 33 heavy (non-hydrogen) atoms. The Morgan fingerprint density at radius 3 is 2.42 bits per heavy atom. The van der Waals surface area contributed by atoms with Gasteiger partial charge in [0.2, 0.25) is 5.76 Å². The molecule has 0 N–H and O–H groups in total. The largest absolute Gasteiger partial charge is 0.494 e. The Balaban J connectivity index is 1.73. The number of rotatable bonds is 5. The van der Waals surface area contributed by atoms with E-state index in [9.17, 15) is 14.0 Å². The van der Waals surface area contributed by atoms with E-state index in [0.29, 0.717) is 18.0 Å². The fourth-order valence-corrected chi connectivity index (χ4v) is 4.59. The van der Waals surface area contributed by atoms with Gasteiger partial charge < -0.3 is 9.15 Å². The number of fused-ring (bicyclic) bond motifs is 2. The van der Waals surface area contributed by atoms with Gasteiger partial charge in [-0.1, -0.05) is 12.1 Å². The van der Waals surface area contributed by atoms with Gasteiger partial charge in [0.15, 0.2) is 5.43 Å². The second kappa shape index (κ2) is 8.41. The summed E-state index contributed by atoms with van der Waals surface area (Å²) in [6.45, 7) is 2.42. The summed E-state index contributed by atoms with van der Waals surface area (Å²) in [6.07, 6.45) is 1.98. The summed E-state index contributed by atoms with van der Waals surface area (Å²) in [6, 6.07) is 17.8. The maximum Gasteiger partial charge on any atom is 0.295 e. The van der Waals surface area contributed by atoms with E-state index in [1.54, 1.807) is 40.9 Å². The number of hydrogen-bond acceptors (Lipinski definition) is 5. The van der Waals surface area contributed by atoms with Crippen molar-refractivity contribution in [2.45, 2.75) is 17.9 Å². The highest BCUT2D eigenvalue weighted by atomic mass is 32.2. The van der Waals surface area contributed by atoms with Gasteiger partial charge in [0.25, 0.3) is 5.91 Å². The van der Waals surface area contributed by atoms with Crippen LogP contribution in [-0.2, 0) is 0 Å². The summed E-state index contributed by atoms with van der Waals surface area (Å²) < 4.78 is 25.3. The molecule has 4 aromatic rings. The Kier molecular flexibility index (Phi) is 5.42. The van der Waals surface area contributed by atoms with Gasteiger partial charge in [0, 0.05) is 10.6 Å².